The van der Waals surface area contributed by atoms with Crippen LogP contribution in [0.2, 0.25) is 0 Å². The molecule has 116 valence electrons. The van der Waals surface area contributed by atoms with E-state index in [9.17, 15) is 4.79 Å². The van der Waals surface area contributed by atoms with E-state index in [4.69, 9.17) is 0 Å². The van der Waals surface area contributed by atoms with Gasteiger partial charge in [-0.05, 0) is 42.8 Å². The van der Waals surface area contributed by atoms with Gasteiger partial charge in [0.2, 0.25) is 0 Å². The minimum atomic E-state index is 0.0228. The molecule has 0 spiro atoms. The van der Waals surface area contributed by atoms with Crippen LogP contribution in [0.4, 0.5) is 10.5 Å². The highest BCUT2D eigenvalue weighted by atomic mass is 32.1. The number of amides is 2. The number of aryl methyl sites for hydroxylation is 1. The Hall–Kier alpha value is -1.81. The Kier molecular flexibility index (Phi) is 4.78. The van der Waals surface area contributed by atoms with Crippen LogP contribution >= 0.6 is 11.3 Å². The zero-order chi connectivity index (χ0) is 15.4. The molecule has 4 heteroatoms. The van der Waals surface area contributed by atoms with Gasteiger partial charge < -0.3 is 10.2 Å². The standard InChI is InChI=1S/C18H22N2OS/c1-14-8-4-5-9-15(14)19-18(21)20-12-6-2-3-10-16(20)17-11-7-13-22-17/h4-5,7-9,11,13,16H,2-3,6,10,12H2,1H3,(H,19,21). The lowest BCUT2D eigenvalue weighted by atomic mass is 10.1. The fourth-order valence-corrected chi connectivity index (χ4v) is 3.90. The molecule has 1 unspecified atom stereocenters. The van der Waals surface area contributed by atoms with Crippen molar-refractivity contribution in [1.29, 1.82) is 0 Å². The van der Waals surface area contributed by atoms with Crippen molar-refractivity contribution in [3.8, 4) is 0 Å². The van der Waals surface area contributed by atoms with Crippen molar-refractivity contribution in [2.75, 3.05) is 11.9 Å². The first-order valence-corrected chi connectivity index (χ1v) is 8.80. The van der Waals surface area contributed by atoms with Crippen molar-refractivity contribution in [3.05, 3.63) is 52.2 Å². The van der Waals surface area contributed by atoms with Crippen molar-refractivity contribution in [2.24, 2.45) is 0 Å². The molecular formula is C18H22N2OS. The summed E-state index contributed by atoms with van der Waals surface area (Å²) in [6, 6.07) is 12.4. The highest BCUT2D eigenvalue weighted by Gasteiger charge is 2.27. The summed E-state index contributed by atoms with van der Waals surface area (Å²) in [5.74, 6) is 0. The Labute approximate surface area is 136 Å². The Morgan fingerprint density at radius 1 is 1.18 bits per heavy atom. The Bertz CT molecular complexity index is 624. The second-order valence-electron chi connectivity index (χ2n) is 5.82. The molecule has 3 nitrogen and oxygen atoms in total. The summed E-state index contributed by atoms with van der Waals surface area (Å²) in [6.07, 6.45) is 4.54. The Morgan fingerprint density at radius 3 is 2.82 bits per heavy atom. The maximum atomic E-state index is 12.8. The molecule has 1 aromatic heterocycles. The van der Waals surface area contributed by atoms with Crippen LogP contribution in [0.5, 0.6) is 0 Å². The Morgan fingerprint density at radius 2 is 2.05 bits per heavy atom. The van der Waals surface area contributed by atoms with Crippen LogP contribution in [0.3, 0.4) is 0 Å². The minimum Gasteiger partial charge on any atom is -0.317 e. The number of urea groups is 1. The number of carbonyl (C=O) groups excluding carboxylic acids is 1. The highest BCUT2D eigenvalue weighted by Crippen LogP contribution is 2.33. The lowest BCUT2D eigenvalue weighted by Crippen LogP contribution is -2.37. The summed E-state index contributed by atoms with van der Waals surface area (Å²) in [6.45, 7) is 2.86. The number of thiophene rings is 1. The third-order valence-electron chi connectivity index (χ3n) is 4.27. The molecule has 1 fully saturated rings. The van der Waals surface area contributed by atoms with E-state index in [-0.39, 0.29) is 12.1 Å². The number of nitrogens with zero attached hydrogens (tertiary/aromatic N) is 1. The topological polar surface area (TPSA) is 32.3 Å². The molecule has 22 heavy (non-hydrogen) atoms. The van der Waals surface area contributed by atoms with Crippen LogP contribution in [0.1, 0.15) is 42.2 Å². The van der Waals surface area contributed by atoms with Crippen LogP contribution < -0.4 is 5.32 Å². The number of hydrogen-bond donors (Lipinski definition) is 1. The van der Waals surface area contributed by atoms with Gasteiger partial charge in [0.15, 0.2) is 0 Å². The molecule has 2 aromatic rings. The van der Waals surface area contributed by atoms with Crippen LogP contribution in [0.25, 0.3) is 0 Å². The molecule has 0 aliphatic carbocycles. The average Bonchev–Trinajstić information content (AvgIpc) is 2.94. The van der Waals surface area contributed by atoms with Gasteiger partial charge in [0.05, 0.1) is 6.04 Å². The number of rotatable bonds is 2. The monoisotopic (exact) mass is 314 g/mol. The van der Waals surface area contributed by atoms with Gasteiger partial charge in [0.1, 0.15) is 0 Å². The number of benzene rings is 1. The van der Waals surface area contributed by atoms with Crippen LogP contribution in [0.15, 0.2) is 41.8 Å². The molecule has 1 aromatic carbocycles. The molecule has 1 aliphatic heterocycles. The van der Waals surface area contributed by atoms with Gasteiger partial charge >= 0.3 is 6.03 Å². The van der Waals surface area contributed by atoms with Gasteiger partial charge in [-0.2, -0.15) is 0 Å². The average molecular weight is 314 g/mol. The zero-order valence-corrected chi connectivity index (χ0v) is 13.7. The molecule has 2 heterocycles. The number of hydrogen-bond acceptors (Lipinski definition) is 2. The second-order valence-corrected chi connectivity index (χ2v) is 6.80. The molecule has 0 saturated carbocycles. The van der Waals surface area contributed by atoms with E-state index in [1.807, 2.05) is 36.1 Å². The van der Waals surface area contributed by atoms with Crippen molar-refractivity contribution in [3.63, 3.8) is 0 Å². The normalized spacial score (nSPS) is 18.8. The fourth-order valence-electron chi connectivity index (χ4n) is 3.03. The molecule has 1 saturated heterocycles. The summed E-state index contributed by atoms with van der Waals surface area (Å²) < 4.78 is 0. The van der Waals surface area contributed by atoms with Gasteiger partial charge in [-0.25, -0.2) is 4.79 Å². The van der Waals surface area contributed by atoms with Gasteiger partial charge in [0, 0.05) is 17.1 Å². The third kappa shape index (κ3) is 3.33. The largest absolute Gasteiger partial charge is 0.322 e. The maximum Gasteiger partial charge on any atom is 0.322 e. The molecule has 1 atom stereocenters. The third-order valence-corrected chi connectivity index (χ3v) is 5.25. The van der Waals surface area contributed by atoms with Crippen molar-refractivity contribution in [2.45, 2.75) is 38.6 Å². The van der Waals surface area contributed by atoms with Crippen LogP contribution in [-0.4, -0.2) is 17.5 Å². The summed E-state index contributed by atoms with van der Waals surface area (Å²) in [4.78, 5) is 16.1. The number of carbonyl (C=O) groups is 1. The quantitative estimate of drug-likeness (QED) is 0.811. The SMILES string of the molecule is Cc1ccccc1NC(=O)N1CCCCCC1c1cccs1. The zero-order valence-electron chi connectivity index (χ0n) is 12.9. The predicted octanol–water partition coefficient (Wildman–Crippen LogP) is 5.21. The fraction of sp³-hybridized carbons (Fsp3) is 0.389. The van der Waals surface area contributed by atoms with E-state index in [0.29, 0.717) is 0 Å². The lowest BCUT2D eigenvalue weighted by Gasteiger charge is -2.29. The van der Waals surface area contributed by atoms with Crippen molar-refractivity contribution >= 4 is 23.1 Å². The molecule has 1 aliphatic rings. The maximum absolute atomic E-state index is 12.8. The first-order valence-electron chi connectivity index (χ1n) is 7.92. The van der Waals surface area contributed by atoms with Crippen molar-refractivity contribution in [1.82, 2.24) is 4.90 Å². The summed E-state index contributed by atoms with van der Waals surface area (Å²) in [5, 5.41) is 5.19. The molecule has 2 amide bonds. The molecule has 3 rings (SSSR count). The van der Waals surface area contributed by atoms with E-state index in [1.54, 1.807) is 11.3 Å². The molecule has 0 bridgehead atoms. The number of para-hydroxylation sites is 1. The van der Waals surface area contributed by atoms with Gasteiger partial charge in [-0.15, -0.1) is 11.3 Å². The smallest absolute Gasteiger partial charge is 0.317 e. The van der Waals surface area contributed by atoms with E-state index in [1.165, 1.54) is 17.7 Å². The van der Waals surface area contributed by atoms with Gasteiger partial charge in [-0.3, -0.25) is 0 Å². The molecule has 0 radical (unpaired) electrons. The lowest BCUT2D eigenvalue weighted by molar-refractivity contribution is 0.190. The second kappa shape index (κ2) is 6.97. The van der Waals surface area contributed by atoms with Crippen LogP contribution in [0, 0.1) is 6.92 Å². The number of anilines is 1. The first-order chi connectivity index (χ1) is 10.8. The summed E-state index contributed by atoms with van der Waals surface area (Å²) >= 11 is 1.75. The summed E-state index contributed by atoms with van der Waals surface area (Å²) in [5.41, 5.74) is 2.00. The van der Waals surface area contributed by atoms with Gasteiger partial charge in [0.25, 0.3) is 0 Å². The Balaban J connectivity index is 1.80. The van der Waals surface area contributed by atoms with Gasteiger partial charge in [-0.1, -0.05) is 37.1 Å². The first kappa shape index (κ1) is 15.1. The van der Waals surface area contributed by atoms with E-state index < -0.39 is 0 Å². The van der Waals surface area contributed by atoms with Crippen LogP contribution in [-0.2, 0) is 0 Å². The van der Waals surface area contributed by atoms with Crippen molar-refractivity contribution < 1.29 is 4.79 Å². The number of likely N-dealkylation sites (tertiary alicyclic amines) is 1. The highest BCUT2D eigenvalue weighted by molar-refractivity contribution is 7.10. The predicted molar refractivity (Wildman–Crippen MR) is 92.4 cm³/mol. The molecular weight excluding hydrogens is 292 g/mol. The van der Waals surface area contributed by atoms with E-state index in [2.05, 4.69) is 22.8 Å². The van der Waals surface area contributed by atoms with E-state index >= 15 is 0 Å². The minimum absolute atomic E-state index is 0.0228. The molecule has 1 N–H and O–H groups in total. The van der Waals surface area contributed by atoms with E-state index in [0.717, 1.165) is 30.6 Å². The summed E-state index contributed by atoms with van der Waals surface area (Å²) in [7, 11) is 0. The number of nitrogens with one attached hydrogen (secondary N) is 1.